The molecular weight excluding hydrogens is 244 g/mol. The van der Waals surface area contributed by atoms with Crippen molar-refractivity contribution in [2.24, 2.45) is 7.05 Å². The van der Waals surface area contributed by atoms with E-state index in [1.807, 2.05) is 24.9 Å². The number of rotatable bonds is 1. The highest BCUT2D eigenvalue weighted by Gasteiger charge is 2.40. The van der Waals surface area contributed by atoms with E-state index in [-0.39, 0.29) is 12.0 Å². The molecule has 1 aromatic rings. The predicted molar refractivity (Wildman–Crippen MR) is 70.0 cm³/mol. The first-order chi connectivity index (χ1) is 9.06. The second kappa shape index (κ2) is 4.61. The van der Waals surface area contributed by atoms with Crippen LogP contribution < -0.4 is 0 Å². The van der Waals surface area contributed by atoms with Gasteiger partial charge in [0.1, 0.15) is 0 Å². The molecule has 2 aliphatic rings. The lowest BCUT2D eigenvalue weighted by Crippen LogP contribution is -2.48. The van der Waals surface area contributed by atoms with E-state index in [1.165, 1.54) is 0 Å². The zero-order valence-electron chi connectivity index (χ0n) is 11.7. The molecular formula is C13H20N4O2. The van der Waals surface area contributed by atoms with Crippen LogP contribution in [0, 0.1) is 6.92 Å². The number of likely N-dealkylation sites (N-methyl/N-ethyl adjacent to an activating group) is 1. The minimum Gasteiger partial charge on any atom is -0.373 e. The van der Waals surface area contributed by atoms with Crippen molar-refractivity contribution < 1.29 is 9.53 Å². The summed E-state index contributed by atoms with van der Waals surface area (Å²) in [6, 6.07) is 2.16. The average molecular weight is 264 g/mol. The Labute approximate surface area is 112 Å². The zero-order valence-corrected chi connectivity index (χ0v) is 11.7. The number of nitrogens with zero attached hydrogens (tertiary/aromatic N) is 4. The third-order valence-electron chi connectivity index (χ3n) is 4.20. The average Bonchev–Trinajstić information content (AvgIpc) is 2.94. The molecule has 2 saturated heterocycles. The van der Waals surface area contributed by atoms with Gasteiger partial charge in [-0.1, -0.05) is 0 Å². The van der Waals surface area contributed by atoms with Gasteiger partial charge in [-0.2, -0.15) is 5.10 Å². The van der Waals surface area contributed by atoms with Crippen LogP contribution in [0.25, 0.3) is 0 Å². The SMILES string of the molecule is Cc1cc(C(=O)N2CC3OCCN(C)C3C2)nn1C. The Kier molecular flexibility index (Phi) is 3.06. The summed E-state index contributed by atoms with van der Waals surface area (Å²) in [6.07, 6.45) is 0.146. The quantitative estimate of drug-likeness (QED) is 0.710. The van der Waals surface area contributed by atoms with Crippen LogP contribution in [0.2, 0.25) is 0 Å². The lowest BCUT2D eigenvalue weighted by Gasteiger charge is -2.33. The molecule has 2 aliphatic heterocycles. The maximum atomic E-state index is 12.4. The Morgan fingerprint density at radius 3 is 2.84 bits per heavy atom. The number of ether oxygens (including phenoxy) is 1. The van der Waals surface area contributed by atoms with Crippen LogP contribution in [0.3, 0.4) is 0 Å². The predicted octanol–water partition coefficient (Wildman–Crippen LogP) is -0.116. The molecule has 19 heavy (non-hydrogen) atoms. The van der Waals surface area contributed by atoms with E-state index < -0.39 is 0 Å². The molecule has 2 atom stereocenters. The minimum absolute atomic E-state index is 0.00935. The van der Waals surface area contributed by atoms with E-state index in [1.54, 1.807) is 4.68 Å². The fourth-order valence-electron chi connectivity index (χ4n) is 2.85. The lowest BCUT2D eigenvalue weighted by atomic mass is 10.1. The van der Waals surface area contributed by atoms with Gasteiger partial charge in [-0.05, 0) is 20.0 Å². The third kappa shape index (κ3) is 2.15. The van der Waals surface area contributed by atoms with Crippen molar-refractivity contribution in [1.29, 1.82) is 0 Å². The number of hydrogen-bond acceptors (Lipinski definition) is 4. The van der Waals surface area contributed by atoms with E-state index in [0.717, 1.165) is 25.4 Å². The highest BCUT2D eigenvalue weighted by Crippen LogP contribution is 2.23. The van der Waals surface area contributed by atoms with Crippen molar-refractivity contribution >= 4 is 5.91 Å². The second-order valence-corrected chi connectivity index (χ2v) is 5.46. The molecule has 0 saturated carbocycles. The van der Waals surface area contributed by atoms with E-state index in [9.17, 15) is 4.79 Å². The summed E-state index contributed by atoms with van der Waals surface area (Å²) in [6.45, 7) is 5.04. The molecule has 0 aromatic carbocycles. The van der Waals surface area contributed by atoms with Crippen molar-refractivity contribution in [3.63, 3.8) is 0 Å². The molecule has 2 unspecified atom stereocenters. The van der Waals surface area contributed by atoms with Gasteiger partial charge in [0.2, 0.25) is 0 Å². The van der Waals surface area contributed by atoms with E-state index in [2.05, 4.69) is 17.0 Å². The minimum atomic E-state index is 0.00935. The van der Waals surface area contributed by atoms with Crippen LogP contribution in [0.4, 0.5) is 0 Å². The van der Waals surface area contributed by atoms with Gasteiger partial charge in [-0.15, -0.1) is 0 Å². The first-order valence-electron chi connectivity index (χ1n) is 6.68. The Morgan fingerprint density at radius 2 is 2.21 bits per heavy atom. The molecule has 3 heterocycles. The summed E-state index contributed by atoms with van der Waals surface area (Å²) in [4.78, 5) is 16.6. The van der Waals surface area contributed by atoms with Crippen LogP contribution in [0.15, 0.2) is 6.07 Å². The summed E-state index contributed by atoms with van der Waals surface area (Å²) >= 11 is 0. The first-order valence-corrected chi connectivity index (χ1v) is 6.68. The van der Waals surface area contributed by atoms with Gasteiger partial charge < -0.3 is 9.64 Å². The molecule has 104 valence electrons. The molecule has 6 heteroatoms. The van der Waals surface area contributed by atoms with Gasteiger partial charge in [-0.3, -0.25) is 14.4 Å². The number of amides is 1. The fraction of sp³-hybridized carbons (Fsp3) is 0.692. The topological polar surface area (TPSA) is 50.6 Å². The number of carbonyl (C=O) groups is 1. The van der Waals surface area contributed by atoms with E-state index in [0.29, 0.717) is 18.3 Å². The lowest BCUT2D eigenvalue weighted by molar-refractivity contribution is -0.0368. The molecule has 0 aliphatic carbocycles. The zero-order chi connectivity index (χ0) is 13.6. The second-order valence-electron chi connectivity index (χ2n) is 5.46. The van der Waals surface area contributed by atoms with Crippen molar-refractivity contribution in [3.8, 4) is 0 Å². The third-order valence-corrected chi connectivity index (χ3v) is 4.20. The van der Waals surface area contributed by atoms with E-state index in [4.69, 9.17) is 4.74 Å². The van der Waals surface area contributed by atoms with Gasteiger partial charge in [-0.25, -0.2) is 0 Å². The maximum Gasteiger partial charge on any atom is 0.274 e. The molecule has 0 bridgehead atoms. The van der Waals surface area contributed by atoms with Crippen LogP contribution in [0.1, 0.15) is 16.2 Å². The number of aryl methyl sites for hydroxylation is 2. The van der Waals surface area contributed by atoms with Crippen molar-refractivity contribution in [2.75, 3.05) is 33.3 Å². The van der Waals surface area contributed by atoms with Crippen molar-refractivity contribution in [2.45, 2.75) is 19.1 Å². The molecule has 1 aromatic heterocycles. The van der Waals surface area contributed by atoms with Crippen molar-refractivity contribution in [3.05, 3.63) is 17.5 Å². The van der Waals surface area contributed by atoms with Gasteiger partial charge >= 0.3 is 0 Å². The molecule has 0 N–H and O–H groups in total. The molecule has 1 amide bonds. The number of carbonyl (C=O) groups excluding carboxylic acids is 1. The van der Waals surface area contributed by atoms with Crippen LogP contribution in [0.5, 0.6) is 0 Å². The number of morpholine rings is 1. The monoisotopic (exact) mass is 264 g/mol. The Bertz CT molecular complexity index is 479. The smallest absolute Gasteiger partial charge is 0.274 e. The fourth-order valence-corrected chi connectivity index (χ4v) is 2.85. The highest BCUT2D eigenvalue weighted by atomic mass is 16.5. The van der Waals surface area contributed by atoms with Gasteiger partial charge in [0.15, 0.2) is 5.69 Å². The van der Waals surface area contributed by atoms with E-state index >= 15 is 0 Å². The summed E-state index contributed by atoms with van der Waals surface area (Å²) in [7, 11) is 3.95. The standard InChI is InChI=1S/C13H20N4O2/c1-9-6-10(14-16(9)3)13(18)17-7-11-12(8-17)19-5-4-15(11)2/h6,11-12H,4-5,7-8H2,1-3H3. The van der Waals surface area contributed by atoms with Gasteiger partial charge in [0.25, 0.3) is 5.91 Å². The Morgan fingerprint density at radius 1 is 1.42 bits per heavy atom. The summed E-state index contributed by atoms with van der Waals surface area (Å²) in [5.41, 5.74) is 1.52. The van der Waals surface area contributed by atoms with Crippen molar-refractivity contribution in [1.82, 2.24) is 19.6 Å². The van der Waals surface area contributed by atoms with Crippen LogP contribution in [-0.2, 0) is 11.8 Å². The summed E-state index contributed by atoms with van der Waals surface area (Å²) in [5, 5.41) is 4.26. The molecule has 0 radical (unpaired) electrons. The highest BCUT2D eigenvalue weighted by molar-refractivity contribution is 5.92. The Hall–Kier alpha value is -1.40. The van der Waals surface area contributed by atoms with Crippen LogP contribution >= 0.6 is 0 Å². The molecule has 6 nitrogen and oxygen atoms in total. The normalized spacial score (nSPS) is 27.6. The molecule has 3 rings (SSSR count). The molecule has 0 spiro atoms. The maximum absolute atomic E-state index is 12.4. The van der Waals surface area contributed by atoms with Gasteiger partial charge in [0.05, 0.1) is 18.8 Å². The van der Waals surface area contributed by atoms with Gasteiger partial charge in [0, 0.05) is 32.4 Å². The number of likely N-dealkylation sites (tertiary alicyclic amines) is 1. The molecule has 2 fully saturated rings. The largest absolute Gasteiger partial charge is 0.373 e. The Balaban J connectivity index is 1.75. The number of aromatic nitrogens is 2. The van der Waals surface area contributed by atoms with Crippen LogP contribution in [-0.4, -0.2) is 70.9 Å². The summed E-state index contributed by atoms with van der Waals surface area (Å²) in [5.74, 6) is 0.00935. The first kappa shape index (κ1) is 12.6. The summed E-state index contributed by atoms with van der Waals surface area (Å²) < 4.78 is 7.49. The number of hydrogen-bond donors (Lipinski definition) is 0. The number of fused-ring (bicyclic) bond motifs is 1.